The van der Waals surface area contributed by atoms with Crippen molar-refractivity contribution in [2.24, 2.45) is 5.92 Å². The third-order valence-electron chi connectivity index (χ3n) is 10.1. The van der Waals surface area contributed by atoms with Gasteiger partial charge in [0.15, 0.2) is 0 Å². The van der Waals surface area contributed by atoms with Crippen molar-refractivity contribution in [3.05, 3.63) is 45.5 Å². The first-order chi connectivity index (χ1) is 24.5. The molecule has 5 atom stereocenters. The zero-order chi connectivity index (χ0) is 37.6. The quantitative estimate of drug-likeness (QED) is 0.367. The number of halogens is 2. The van der Waals surface area contributed by atoms with Gasteiger partial charge in [-0.15, -0.1) is 0 Å². The van der Waals surface area contributed by atoms with E-state index >= 15 is 0 Å². The molecule has 1 aromatic rings. The Morgan fingerprint density at radius 3 is 2.31 bits per heavy atom. The Morgan fingerprint density at radius 2 is 1.67 bits per heavy atom. The molecule has 0 unspecified atom stereocenters. The first-order valence-electron chi connectivity index (χ1n) is 17.7. The summed E-state index contributed by atoms with van der Waals surface area (Å²) in [6, 6.07) is 1.03. The van der Waals surface area contributed by atoms with E-state index in [0.717, 1.165) is 12.8 Å². The number of nitrogens with one attached hydrogen (secondary N) is 3. The SMILES string of the molecule is CC(C)(C)OC(=O)N[C@H]1CCCCC/C=C\[C@H]2C[C@@]2(C(=O)NS(=O)(=O)C2CC2)NC(=O)[C@@H]2C[C@@H](OC(=O)N3Cc4c(Cl)ccc(Cl)c4C3)CN2C1=O. The lowest BCUT2D eigenvalue weighted by atomic mass is 10.0. The van der Waals surface area contributed by atoms with Crippen LogP contribution < -0.4 is 15.4 Å². The van der Waals surface area contributed by atoms with Crippen LogP contribution in [0.5, 0.6) is 0 Å². The largest absolute Gasteiger partial charge is 0.444 e. The second kappa shape index (κ2) is 14.7. The van der Waals surface area contributed by atoms with Gasteiger partial charge >= 0.3 is 12.2 Å². The molecule has 3 N–H and O–H groups in total. The second-order valence-electron chi connectivity index (χ2n) is 15.3. The topological polar surface area (TPSA) is 181 Å². The molecule has 2 aliphatic carbocycles. The number of ether oxygens (including phenoxy) is 2. The molecule has 6 rings (SSSR count). The number of rotatable bonds is 5. The van der Waals surface area contributed by atoms with Gasteiger partial charge in [-0.25, -0.2) is 18.0 Å². The standard InChI is InChI=1S/C35H45Cl2N5O9S/c1-34(2,3)51-32(46)38-27-10-8-6-4-5-7-9-20-16-35(20,31(45)40-52(48,49)22-11-12-22)39-29(43)28-15-21(17-42(28)30(27)44)50-33(47)41-18-23-24(19-41)26(37)14-13-25(23)36/h7,9,13-14,20-22,27-28H,4-6,8,10-12,15-19H2,1-3H3,(H,38,46)(H,39,43)(H,40,45)/b9-7-/t20-,21+,27-,28-,35+/m0/s1. The lowest BCUT2D eigenvalue weighted by molar-refractivity contribution is -0.141. The van der Waals surface area contributed by atoms with Crippen LogP contribution in [0.25, 0.3) is 0 Å². The van der Waals surface area contributed by atoms with E-state index in [1.165, 1.54) is 9.80 Å². The second-order valence-corrected chi connectivity index (χ2v) is 18.1. The van der Waals surface area contributed by atoms with Gasteiger partial charge in [-0.3, -0.25) is 24.0 Å². The van der Waals surface area contributed by atoms with Gasteiger partial charge in [0.1, 0.15) is 29.3 Å². The molecule has 3 heterocycles. The number of hydrogen-bond acceptors (Lipinski definition) is 9. The summed E-state index contributed by atoms with van der Waals surface area (Å²) >= 11 is 12.7. The molecule has 14 nitrogen and oxygen atoms in total. The van der Waals surface area contributed by atoms with Gasteiger partial charge in [0, 0.05) is 22.4 Å². The van der Waals surface area contributed by atoms with Gasteiger partial charge in [-0.2, -0.15) is 0 Å². The number of sulfonamides is 1. The maximum absolute atomic E-state index is 14.3. The minimum absolute atomic E-state index is 0.108. The van der Waals surface area contributed by atoms with Gasteiger partial charge in [0.25, 0.3) is 5.91 Å². The lowest BCUT2D eigenvalue weighted by Gasteiger charge is -2.30. The van der Waals surface area contributed by atoms with Gasteiger partial charge in [-0.1, -0.05) is 48.2 Å². The van der Waals surface area contributed by atoms with Crippen LogP contribution in [0.15, 0.2) is 24.3 Å². The minimum Gasteiger partial charge on any atom is -0.444 e. The van der Waals surface area contributed by atoms with E-state index in [-0.39, 0.29) is 38.9 Å². The fourth-order valence-corrected chi connectivity index (χ4v) is 8.90. The van der Waals surface area contributed by atoms with Crippen molar-refractivity contribution in [2.75, 3.05) is 6.54 Å². The summed E-state index contributed by atoms with van der Waals surface area (Å²) in [4.78, 5) is 71.2. The summed E-state index contributed by atoms with van der Waals surface area (Å²) in [5.41, 5.74) is -0.971. The zero-order valence-electron chi connectivity index (χ0n) is 29.4. The molecular weight excluding hydrogens is 737 g/mol. The molecule has 2 saturated carbocycles. The van der Waals surface area contributed by atoms with Crippen LogP contribution in [0.2, 0.25) is 10.0 Å². The number of amides is 5. The first kappa shape index (κ1) is 38.2. The van der Waals surface area contributed by atoms with Crippen molar-refractivity contribution < 1.29 is 41.9 Å². The summed E-state index contributed by atoms with van der Waals surface area (Å²) in [5, 5.41) is 5.75. The number of carbonyl (C=O) groups is 5. The molecule has 284 valence electrons. The van der Waals surface area contributed by atoms with Crippen molar-refractivity contribution >= 4 is 63.1 Å². The predicted octanol–water partition coefficient (Wildman–Crippen LogP) is 4.31. The summed E-state index contributed by atoms with van der Waals surface area (Å²) < 4.78 is 39.0. The van der Waals surface area contributed by atoms with E-state index in [1.807, 2.05) is 12.2 Å². The van der Waals surface area contributed by atoms with Gasteiger partial charge in [-0.05, 0) is 82.6 Å². The van der Waals surface area contributed by atoms with Crippen LogP contribution in [0.3, 0.4) is 0 Å². The summed E-state index contributed by atoms with van der Waals surface area (Å²) in [7, 11) is -3.91. The Morgan fingerprint density at radius 1 is 1.00 bits per heavy atom. The van der Waals surface area contributed by atoms with Crippen LogP contribution in [-0.2, 0) is 47.0 Å². The molecule has 0 radical (unpaired) electrons. The highest BCUT2D eigenvalue weighted by Gasteiger charge is 2.62. The molecule has 0 bridgehead atoms. The number of hydrogen-bond donors (Lipinski definition) is 3. The fraction of sp³-hybridized carbons (Fsp3) is 0.629. The highest BCUT2D eigenvalue weighted by atomic mass is 35.5. The van der Waals surface area contributed by atoms with Crippen molar-refractivity contribution in [3.63, 3.8) is 0 Å². The molecule has 3 aliphatic heterocycles. The molecule has 3 fully saturated rings. The van der Waals surface area contributed by atoms with Crippen molar-refractivity contribution in [3.8, 4) is 0 Å². The Kier molecular flexibility index (Phi) is 10.8. The fourth-order valence-electron chi connectivity index (χ4n) is 7.06. The number of nitrogens with zero attached hydrogens (tertiary/aromatic N) is 2. The van der Waals surface area contributed by atoms with E-state index in [1.54, 1.807) is 32.9 Å². The first-order valence-corrected chi connectivity index (χ1v) is 20.0. The number of carbonyl (C=O) groups excluding carboxylic acids is 5. The highest BCUT2D eigenvalue weighted by Crippen LogP contribution is 2.46. The summed E-state index contributed by atoms with van der Waals surface area (Å²) in [6.07, 6.45) is 5.29. The molecule has 0 aromatic heterocycles. The predicted molar refractivity (Wildman–Crippen MR) is 191 cm³/mol. The molecule has 5 aliphatic rings. The van der Waals surface area contributed by atoms with Gasteiger partial charge < -0.3 is 25.0 Å². The maximum Gasteiger partial charge on any atom is 0.410 e. The molecule has 0 spiro atoms. The summed E-state index contributed by atoms with van der Waals surface area (Å²) in [5.74, 6) is -2.58. The third kappa shape index (κ3) is 8.46. The van der Waals surface area contributed by atoms with Crippen LogP contribution >= 0.6 is 23.2 Å². The Labute approximate surface area is 313 Å². The highest BCUT2D eigenvalue weighted by molar-refractivity contribution is 7.91. The van der Waals surface area contributed by atoms with E-state index in [0.29, 0.717) is 46.9 Å². The van der Waals surface area contributed by atoms with Crippen LogP contribution in [0, 0.1) is 5.92 Å². The monoisotopic (exact) mass is 781 g/mol. The average molecular weight is 783 g/mol. The molecule has 5 amide bonds. The molecule has 1 aromatic carbocycles. The van der Waals surface area contributed by atoms with E-state index in [2.05, 4.69) is 15.4 Å². The lowest BCUT2D eigenvalue weighted by Crippen LogP contribution is -2.58. The Bertz CT molecular complexity index is 1750. The van der Waals surface area contributed by atoms with E-state index in [4.69, 9.17) is 32.7 Å². The van der Waals surface area contributed by atoms with Crippen molar-refractivity contribution in [1.82, 2.24) is 25.2 Å². The van der Waals surface area contributed by atoms with Crippen LogP contribution in [0.4, 0.5) is 9.59 Å². The number of alkyl carbamates (subject to hydrolysis) is 1. The number of allylic oxidation sites excluding steroid dienone is 1. The van der Waals surface area contributed by atoms with Crippen molar-refractivity contribution in [1.29, 1.82) is 0 Å². The number of fused-ring (bicyclic) bond motifs is 3. The summed E-state index contributed by atoms with van der Waals surface area (Å²) in [6.45, 7) is 5.25. The molecule has 1 saturated heterocycles. The van der Waals surface area contributed by atoms with Gasteiger partial charge in [0.2, 0.25) is 21.8 Å². The zero-order valence-corrected chi connectivity index (χ0v) is 31.7. The van der Waals surface area contributed by atoms with Gasteiger partial charge in [0.05, 0.1) is 24.9 Å². The molecular formula is C35H45Cl2N5O9S. The normalized spacial score (nSPS) is 28.6. The molecule has 52 heavy (non-hydrogen) atoms. The smallest absolute Gasteiger partial charge is 0.410 e. The van der Waals surface area contributed by atoms with E-state index < -0.39 is 80.4 Å². The third-order valence-corrected chi connectivity index (χ3v) is 12.6. The average Bonchev–Trinajstić information content (AvgIpc) is 3.94. The Hall–Kier alpha value is -3.56. The maximum atomic E-state index is 14.3. The number of benzene rings is 1. The van der Waals surface area contributed by atoms with Crippen LogP contribution in [-0.4, -0.2) is 89.2 Å². The molecule has 17 heteroatoms. The Balaban J connectivity index is 1.25. The van der Waals surface area contributed by atoms with E-state index in [9.17, 15) is 32.4 Å². The van der Waals surface area contributed by atoms with Crippen molar-refractivity contribution in [2.45, 2.75) is 126 Å². The minimum atomic E-state index is -3.91. The van der Waals surface area contributed by atoms with Crippen LogP contribution in [0.1, 0.15) is 89.7 Å².